The Morgan fingerprint density at radius 2 is 2.09 bits per heavy atom. The maximum absolute atomic E-state index is 13.8. The van der Waals surface area contributed by atoms with Crippen molar-refractivity contribution in [2.75, 3.05) is 0 Å². The highest BCUT2D eigenvalue weighted by Gasteiger charge is 2.13. The van der Waals surface area contributed by atoms with E-state index in [0.29, 0.717) is 0 Å². The Bertz CT molecular complexity index is 778. The number of benzene rings is 1. The number of halogens is 1. The lowest BCUT2D eigenvalue weighted by Crippen LogP contribution is -2.22. The normalized spacial score (nSPS) is 10.3. The first kappa shape index (κ1) is 15.5. The molecule has 0 fully saturated rings. The maximum Gasteiger partial charge on any atom is 0.365 e. The molecule has 2 rings (SSSR count). The number of ether oxygens (including phenoxy) is 1. The average Bonchev–Trinajstić information content (AvgIpc) is 2.79. The van der Waals surface area contributed by atoms with Crippen LogP contribution in [0.4, 0.5) is 4.39 Å². The minimum absolute atomic E-state index is 0.0153. The van der Waals surface area contributed by atoms with Crippen LogP contribution in [0.15, 0.2) is 33.7 Å². The predicted octanol–water partition coefficient (Wildman–Crippen LogP) is 1.27. The summed E-state index contributed by atoms with van der Waals surface area (Å²) >= 11 is 0. The second kappa shape index (κ2) is 6.25. The first-order chi connectivity index (χ1) is 10.4. The van der Waals surface area contributed by atoms with Crippen molar-refractivity contribution in [1.29, 1.82) is 0 Å². The summed E-state index contributed by atoms with van der Waals surface area (Å²) < 4.78 is 24.5. The van der Waals surface area contributed by atoms with E-state index >= 15 is 0 Å². The van der Waals surface area contributed by atoms with Crippen molar-refractivity contribution in [3.8, 4) is 16.9 Å². The van der Waals surface area contributed by atoms with E-state index in [9.17, 15) is 18.8 Å². The quantitative estimate of drug-likeness (QED) is 0.678. The van der Waals surface area contributed by atoms with Crippen molar-refractivity contribution in [1.82, 2.24) is 10.1 Å². The summed E-state index contributed by atoms with van der Waals surface area (Å²) in [7, 11) is 0. The molecule has 8 heteroatoms. The molecule has 0 saturated carbocycles. The third-order valence-corrected chi connectivity index (χ3v) is 2.67. The summed E-state index contributed by atoms with van der Waals surface area (Å²) in [6, 6.07) is 3.74. The molecule has 0 aliphatic carbocycles. The first-order valence-electron chi connectivity index (χ1n) is 6.30. The van der Waals surface area contributed by atoms with Crippen LogP contribution in [0.25, 0.3) is 11.1 Å². The van der Waals surface area contributed by atoms with Gasteiger partial charge in [0.25, 0.3) is 0 Å². The van der Waals surface area contributed by atoms with Gasteiger partial charge in [0.2, 0.25) is 5.91 Å². The predicted molar refractivity (Wildman–Crippen MR) is 73.5 cm³/mol. The molecule has 1 aromatic carbocycles. The lowest BCUT2D eigenvalue weighted by Gasteiger charge is -2.04. The minimum Gasteiger partial charge on any atom is -0.424 e. The van der Waals surface area contributed by atoms with Gasteiger partial charge in [-0.3, -0.25) is 9.59 Å². The lowest BCUT2D eigenvalue weighted by molar-refractivity contribution is -0.132. The fraction of sp³-hybridized carbons (Fsp3) is 0.214. The standard InChI is InChI=1S/C14H13FN2O5/c1-8(18)16-7-17-6-11(14(20)22-17)10-3-4-13(12(15)5-10)21-9(2)19/h3-6H,7H2,1-2H3,(H,16,18). The van der Waals surface area contributed by atoms with Crippen molar-refractivity contribution in [3.63, 3.8) is 0 Å². The van der Waals surface area contributed by atoms with Gasteiger partial charge in [-0.05, 0) is 17.7 Å². The Labute approximate surface area is 124 Å². The molecule has 0 unspecified atom stereocenters. The number of hydrogen-bond acceptors (Lipinski definition) is 5. The van der Waals surface area contributed by atoms with E-state index < -0.39 is 17.4 Å². The van der Waals surface area contributed by atoms with Crippen LogP contribution in [0.5, 0.6) is 5.75 Å². The Morgan fingerprint density at radius 1 is 1.36 bits per heavy atom. The van der Waals surface area contributed by atoms with Crippen molar-refractivity contribution < 1.29 is 23.2 Å². The highest BCUT2D eigenvalue weighted by atomic mass is 19.1. The molecule has 1 N–H and O–H groups in total. The lowest BCUT2D eigenvalue weighted by atomic mass is 10.1. The van der Waals surface area contributed by atoms with Crippen molar-refractivity contribution in [2.45, 2.75) is 20.5 Å². The van der Waals surface area contributed by atoms with Crippen LogP contribution in [0.2, 0.25) is 0 Å². The van der Waals surface area contributed by atoms with Crippen LogP contribution in [-0.4, -0.2) is 16.6 Å². The van der Waals surface area contributed by atoms with Gasteiger partial charge in [0.05, 0.1) is 11.8 Å². The molecule has 0 spiro atoms. The highest BCUT2D eigenvalue weighted by molar-refractivity contribution is 5.72. The van der Waals surface area contributed by atoms with Gasteiger partial charge in [-0.15, -0.1) is 0 Å². The van der Waals surface area contributed by atoms with E-state index in [4.69, 9.17) is 4.52 Å². The summed E-state index contributed by atoms with van der Waals surface area (Å²) in [6.45, 7) is 2.47. The average molecular weight is 308 g/mol. The Morgan fingerprint density at radius 3 is 2.68 bits per heavy atom. The molecule has 0 aliphatic heterocycles. The van der Waals surface area contributed by atoms with Crippen molar-refractivity contribution >= 4 is 11.9 Å². The fourth-order valence-electron chi connectivity index (χ4n) is 1.74. The fourth-order valence-corrected chi connectivity index (χ4v) is 1.74. The van der Waals surface area contributed by atoms with E-state index in [-0.39, 0.29) is 29.5 Å². The number of rotatable bonds is 4. The van der Waals surface area contributed by atoms with Crippen molar-refractivity contribution in [2.24, 2.45) is 0 Å². The summed E-state index contributed by atoms with van der Waals surface area (Å²) in [5.41, 5.74) is -0.285. The third-order valence-electron chi connectivity index (χ3n) is 2.67. The number of carbonyl (C=O) groups is 2. The minimum atomic E-state index is -0.776. The van der Waals surface area contributed by atoms with Gasteiger partial charge < -0.3 is 14.6 Å². The third kappa shape index (κ3) is 3.60. The Hall–Kier alpha value is -2.90. The molecule has 1 heterocycles. The Kier molecular flexibility index (Phi) is 4.40. The van der Waals surface area contributed by atoms with Crippen LogP contribution < -0.4 is 15.7 Å². The SMILES string of the molecule is CC(=O)NCn1cc(-c2ccc(OC(C)=O)c(F)c2)c(=O)o1. The molecular formula is C14H13FN2O5. The van der Waals surface area contributed by atoms with Crippen LogP contribution in [0.3, 0.4) is 0 Å². The molecule has 22 heavy (non-hydrogen) atoms. The molecule has 0 bridgehead atoms. The topological polar surface area (TPSA) is 90.5 Å². The number of carbonyl (C=O) groups excluding carboxylic acids is 2. The second-order valence-corrected chi connectivity index (χ2v) is 4.47. The van der Waals surface area contributed by atoms with Gasteiger partial charge in [-0.1, -0.05) is 6.07 Å². The van der Waals surface area contributed by atoms with E-state index in [2.05, 4.69) is 10.1 Å². The molecule has 0 atom stereocenters. The van der Waals surface area contributed by atoms with Crippen molar-refractivity contribution in [3.05, 3.63) is 40.6 Å². The van der Waals surface area contributed by atoms with Gasteiger partial charge in [0.15, 0.2) is 11.6 Å². The number of esters is 1. The summed E-state index contributed by atoms with van der Waals surface area (Å²) in [4.78, 5) is 33.4. The van der Waals surface area contributed by atoms with Gasteiger partial charge in [0, 0.05) is 13.8 Å². The number of nitrogens with one attached hydrogen (secondary N) is 1. The molecule has 7 nitrogen and oxygen atoms in total. The molecular weight excluding hydrogens is 295 g/mol. The highest BCUT2D eigenvalue weighted by Crippen LogP contribution is 2.24. The van der Waals surface area contributed by atoms with Crippen LogP contribution in [0, 0.1) is 5.82 Å². The zero-order valence-corrected chi connectivity index (χ0v) is 11.9. The zero-order valence-electron chi connectivity index (χ0n) is 11.9. The molecule has 0 aliphatic rings. The van der Waals surface area contributed by atoms with Gasteiger partial charge in [-0.25, -0.2) is 9.18 Å². The largest absolute Gasteiger partial charge is 0.424 e. The Balaban J connectivity index is 2.28. The zero-order chi connectivity index (χ0) is 16.3. The number of aromatic nitrogens is 1. The number of amides is 1. The van der Waals surface area contributed by atoms with Crippen LogP contribution >= 0.6 is 0 Å². The van der Waals surface area contributed by atoms with Crippen LogP contribution in [-0.2, 0) is 16.3 Å². The molecule has 1 amide bonds. The van der Waals surface area contributed by atoms with E-state index in [1.807, 2.05) is 0 Å². The van der Waals surface area contributed by atoms with E-state index in [1.165, 1.54) is 25.3 Å². The van der Waals surface area contributed by atoms with Gasteiger partial charge in [0.1, 0.15) is 6.67 Å². The molecule has 2 aromatic rings. The smallest absolute Gasteiger partial charge is 0.365 e. The van der Waals surface area contributed by atoms with Crippen LogP contribution in [0.1, 0.15) is 13.8 Å². The number of nitrogens with zero attached hydrogens (tertiary/aromatic N) is 1. The first-order valence-corrected chi connectivity index (χ1v) is 6.30. The summed E-state index contributed by atoms with van der Waals surface area (Å²) in [5.74, 6) is -1.93. The van der Waals surface area contributed by atoms with Gasteiger partial charge in [-0.2, -0.15) is 4.74 Å². The molecule has 1 aromatic heterocycles. The number of hydrogen-bond donors (Lipinski definition) is 1. The summed E-state index contributed by atoms with van der Waals surface area (Å²) in [6.07, 6.45) is 1.35. The van der Waals surface area contributed by atoms with E-state index in [1.54, 1.807) is 0 Å². The van der Waals surface area contributed by atoms with E-state index in [0.717, 1.165) is 17.7 Å². The molecule has 0 saturated heterocycles. The second-order valence-electron chi connectivity index (χ2n) is 4.47. The van der Waals surface area contributed by atoms with Gasteiger partial charge >= 0.3 is 11.6 Å². The summed E-state index contributed by atoms with van der Waals surface area (Å²) in [5, 5.41) is 2.46. The maximum atomic E-state index is 13.8. The monoisotopic (exact) mass is 308 g/mol. The molecule has 116 valence electrons. The molecule has 0 radical (unpaired) electrons.